The van der Waals surface area contributed by atoms with Crippen LogP contribution in [0.1, 0.15) is 31.7 Å². The van der Waals surface area contributed by atoms with E-state index in [9.17, 15) is 9.59 Å². The van der Waals surface area contributed by atoms with Gasteiger partial charge in [0.25, 0.3) is 0 Å². The normalized spacial score (nSPS) is 13.9. The number of hydrogen-bond acceptors (Lipinski definition) is 6. The molecule has 1 aromatic heterocycles. The molecule has 0 bridgehead atoms. The number of piperazine rings is 1. The van der Waals surface area contributed by atoms with E-state index in [0.717, 1.165) is 49.8 Å². The average molecular weight is 449 g/mol. The third kappa shape index (κ3) is 7.29. The SMILES string of the molecule is CCN1CCN(c2ccc(CNC(=O)CCC(=O)N(CCC#N)c3ccccc3)cn2)CC1. The predicted octanol–water partition coefficient (Wildman–Crippen LogP) is 2.57. The van der Waals surface area contributed by atoms with Gasteiger partial charge in [0.1, 0.15) is 5.82 Å². The van der Waals surface area contributed by atoms with Gasteiger partial charge in [-0.1, -0.05) is 31.2 Å². The van der Waals surface area contributed by atoms with Crippen LogP contribution in [0, 0.1) is 11.3 Å². The van der Waals surface area contributed by atoms with E-state index in [2.05, 4.69) is 33.1 Å². The smallest absolute Gasteiger partial charge is 0.227 e. The maximum Gasteiger partial charge on any atom is 0.227 e. The Morgan fingerprint density at radius 2 is 1.85 bits per heavy atom. The summed E-state index contributed by atoms with van der Waals surface area (Å²) in [4.78, 5) is 35.8. The molecule has 2 heterocycles. The number of carbonyl (C=O) groups excluding carboxylic acids is 2. The summed E-state index contributed by atoms with van der Waals surface area (Å²) in [5.74, 6) is 0.613. The molecule has 0 aliphatic carbocycles. The number of nitriles is 1. The quantitative estimate of drug-likeness (QED) is 0.601. The molecule has 1 saturated heterocycles. The van der Waals surface area contributed by atoms with Crippen molar-refractivity contribution in [2.45, 2.75) is 32.7 Å². The number of nitrogens with one attached hydrogen (secondary N) is 1. The van der Waals surface area contributed by atoms with Crippen molar-refractivity contribution in [3.05, 3.63) is 54.2 Å². The van der Waals surface area contributed by atoms with E-state index in [1.807, 2.05) is 42.5 Å². The van der Waals surface area contributed by atoms with E-state index in [4.69, 9.17) is 5.26 Å². The minimum absolute atomic E-state index is 0.0904. The number of rotatable bonds is 10. The molecule has 1 aliphatic heterocycles. The van der Waals surface area contributed by atoms with E-state index in [-0.39, 0.29) is 31.1 Å². The Balaban J connectivity index is 1.44. The molecule has 2 amide bonds. The van der Waals surface area contributed by atoms with Crippen LogP contribution in [-0.4, -0.2) is 61.0 Å². The molecule has 0 spiro atoms. The lowest BCUT2D eigenvalue weighted by atomic mass is 10.2. The molecule has 1 aromatic carbocycles. The highest BCUT2D eigenvalue weighted by Gasteiger charge is 2.18. The van der Waals surface area contributed by atoms with Gasteiger partial charge in [0.2, 0.25) is 11.8 Å². The van der Waals surface area contributed by atoms with Crippen molar-refractivity contribution in [3.8, 4) is 6.07 Å². The number of aromatic nitrogens is 1. The molecule has 8 nitrogen and oxygen atoms in total. The third-order valence-electron chi connectivity index (χ3n) is 5.82. The zero-order chi connectivity index (χ0) is 23.5. The predicted molar refractivity (Wildman–Crippen MR) is 129 cm³/mol. The van der Waals surface area contributed by atoms with Gasteiger partial charge in [-0.25, -0.2) is 4.98 Å². The highest BCUT2D eigenvalue weighted by atomic mass is 16.2. The summed E-state index contributed by atoms with van der Waals surface area (Å²) in [5.41, 5.74) is 1.66. The molecular weight excluding hydrogens is 416 g/mol. The van der Waals surface area contributed by atoms with E-state index < -0.39 is 0 Å². The van der Waals surface area contributed by atoms with Gasteiger partial charge in [0, 0.05) is 64.0 Å². The molecular formula is C25H32N6O2. The first kappa shape index (κ1) is 24.2. The summed E-state index contributed by atoms with van der Waals surface area (Å²) >= 11 is 0. The first-order valence-corrected chi connectivity index (χ1v) is 11.5. The first-order chi connectivity index (χ1) is 16.1. The summed E-state index contributed by atoms with van der Waals surface area (Å²) in [6, 6.07) is 15.3. The van der Waals surface area contributed by atoms with Crippen molar-refractivity contribution in [3.63, 3.8) is 0 Å². The second-order valence-electron chi connectivity index (χ2n) is 8.01. The molecule has 8 heteroatoms. The van der Waals surface area contributed by atoms with Gasteiger partial charge in [-0.15, -0.1) is 0 Å². The maximum absolute atomic E-state index is 12.7. The standard InChI is InChI=1S/C25H32N6O2/c1-2-29-15-17-30(18-16-29)23-10-9-21(19-27-23)20-28-24(32)11-12-25(33)31(14-6-13-26)22-7-4-3-5-8-22/h3-5,7-10,19H,2,6,11-12,14-18,20H2,1H3,(H,28,32). The second-order valence-corrected chi connectivity index (χ2v) is 8.01. The molecule has 0 atom stereocenters. The Hall–Kier alpha value is -3.44. The molecule has 33 heavy (non-hydrogen) atoms. The summed E-state index contributed by atoms with van der Waals surface area (Å²) < 4.78 is 0. The number of pyridine rings is 1. The Bertz CT molecular complexity index is 934. The van der Waals surface area contributed by atoms with Crippen LogP contribution in [0.2, 0.25) is 0 Å². The number of nitrogens with zero attached hydrogens (tertiary/aromatic N) is 5. The van der Waals surface area contributed by atoms with E-state index in [0.29, 0.717) is 13.1 Å². The second kappa shape index (κ2) is 12.6. The molecule has 174 valence electrons. The number of likely N-dealkylation sites (N-methyl/N-ethyl adjacent to an activating group) is 1. The largest absolute Gasteiger partial charge is 0.354 e. The Morgan fingerprint density at radius 1 is 1.09 bits per heavy atom. The fourth-order valence-corrected chi connectivity index (χ4v) is 3.81. The zero-order valence-electron chi connectivity index (χ0n) is 19.2. The van der Waals surface area contributed by atoms with Gasteiger partial charge in [0.15, 0.2) is 0 Å². The molecule has 1 N–H and O–H groups in total. The first-order valence-electron chi connectivity index (χ1n) is 11.5. The van der Waals surface area contributed by atoms with Crippen LogP contribution < -0.4 is 15.1 Å². The zero-order valence-corrected chi connectivity index (χ0v) is 19.2. The maximum atomic E-state index is 12.7. The molecule has 3 rings (SSSR count). The topological polar surface area (TPSA) is 92.6 Å². The fraction of sp³-hybridized carbons (Fsp3) is 0.440. The molecule has 2 aromatic rings. The lowest BCUT2D eigenvalue weighted by Crippen LogP contribution is -2.46. The van der Waals surface area contributed by atoms with Crippen molar-refractivity contribution < 1.29 is 9.59 Å². The van der Waals surface area contributed by atoms with Gasteiger partial charge in [-0.05, 0) is 30.3 Å². The van der Waals surface area contributed by atoms with Crippen molar-refractivity contribution in [1.29, 1.82) is 5.26 Å². The fourth-order valence-electron chi connectivity index (χ4n) is 3.81. The van der Waals surface area contributed by atoms with Crippen LogP contribution in [0.15, 0.2) is 48.7 Å². The minimum atomic E-state index is -0.184. The van der Waals surface area contributed by atoms with Crippen LogP contribution in [0.5, 0.6) is 0 Å². The molecule has 0 unspecified atom stereocenters. The van der Waals surface area contributed by atoms with Gasteiger partial charge in [-0.3, -0.25) is 9.59 Å². The van der Waals surface area contributed by atoms with Gasteiger partial charge in [-0.2, -0.15) is 5.26 Å². The van der Waals surface area contributed by atoms with E-state index in [1.165, 1.54) is 0 Å². The molecule has 1 aliphatic rings. The monoisotopic (exact) mass is 448 g/mol. The summed E-state index contributed by atoms with van der Waals surface area (Å²) in [5, 5.41) is 11.8. The number of benzene rings is 1. The number of anilines is 2. The van der Waals surface area contributed by atoms with Crippen molar-refractivity contribution in [1.82, 2.24) is 15.2 Å². The van der Waals surface area contributed by atoms with Crippen LogP contribution in [0.4, 0.5) is 11.5 Å². The van der Waals surface area contributed by atoms with E-state index in [1.54, 1.807) is 11.1 Å². The lowest BCUT2D eigenvalue weighted by Gasteiger charge is -2.34. The number of carbonyl (C=O) groups is 2. The number of hydrogen-bond donors (Lipinski definition) is 1. The summed E-state index contributed by atoms with van der Waals surface area (Å²) in [6.45, 7) is 7.99. The van der Waals surface area contributed by atoms with Gasteiger partial charge in [0.05, 0.1) is 12.5 Å². The number of para-hydroxylation sites is 1. The van der Waals surface area contributed by atoms with Crippen LogP contribution in [0.3, 0.4) is 0 Å². The third-order valence-corrected chi connectivity index (χ3v) is 5.82. The highest BCUT2D eigenvalue weighted by molar-refractivity contribution is 5.95. The summed E-state index contributed by atoms with van der Waals surface area (Å²) in [6.07, 6.45) is 2.23. The van der Waals surface area contributed by atoms with Crippen molar-refractivity contribution in [2.75, 3.05) is 49.1 Å². The van der Waals surface area contributed by atoms with Crippen LogP contribution in [0.25, 0.3) is 0 Å². The minimum Gasteiger partial charge on any atom is -0.354 e. The average Bonchev–Trinajstić information content (AvgIpc) is 2.87. The Kier molecular flexibility index (Phi) is 9.21. The van der Waals surface area contributed by atoms with E-state index >= 15 is 0 Å². The van der Waals surface area contributed by atoms with Crippen LogP contribution in [-0.2, 0) is 16.1 Å². The molecule has 0 radical (unpaired) electrons. The lowest BCUT2D eigenvalue weighted by molar-refractivity contribution is -0.125. The van der Waals surface area contributed by atoms with Crippen LogP contribution >= 0.6 is 0 Å². The molecule has 0 saturated carbocycles. The van der Waals surface area contributed by atoms with Crippen molar-refractivity contribution >= 4 is 23.3 Å². The van der Waals surface area contributed by atoms with Gasteiger partial charge < -0.3 is 20.0 Å². The van der Waals surface area contributed by atoms with Gasteiger partial charge >= 0.3 is 0 Å². The van der Waals surface area contributed by atoms with Crippen molar-refractivity contribution in [2.24, 2.45) is 0 Å². The summed E-state index contributed by atoms with van der Waals surface area (Å²) in [7, 11) is 0. The highest BCUT2D eigenvalue weighted by Crippen LogP contribution is 2.16. The Morgan fingerprint density at radius 3 is 2.48 bits per heavy atom. The Labute approximate surface area is 195 Å². The number of amides is 2. The molecule has 1 fully saturated rings.